The van der Waals surface area contributed by atoms with Gasteiger partial charge in [0.1, 0.15) is 0 Å². The Kier molecular flexibility index (Phi) is 104. The van der Waals surface area contributed by atoms with Gasteiger partial charge in [-0.05, 0) is 0 Å². The summed E-state index contributed by atoms with van der Waals surface area (Å²) in [4.78, 5) is 9.01. The van der Waals surface area contributed by atoms with E-state index in [-0.39, 0.29) is 47.5 Å². The van der Waals surface area contributed by atoms with Gasteiger partial charge in [0.2, 0.25) is 0 Å². The molecule has 0 aliphatic heterocycles. The van der Waals surface area contributed by atoms with Crippen molar-refractivity contribution in [3.8, 4) is 0 Å². The van der Waals surface area contributed by atoms with Gasteiger partial charge in [-0.3, -0.25) is 0 Å². The number of halogens is 1. The SMILES string of the molecule is O=C([O-])CO.[Co+3].[NH2-].[NH2-].[NH2-].[NH2-].[NH2-].[O-][Cl+3]([O-])([O-])O. The number of rotatable bonds is 1. The van der Waals surface area contributed by atoms with E-state index in [1.54, 1.807) is 0 Å². The Morgan fingerprint density at radius 2 is 1.06 bits per heavy atom. The predicted molar refractivity (Wildman–Crippen MR) is 40.7 cm³/mol. The van der Waals surface area contributed by atoms with Gasteiger partial charge < -0.3 is 45.8 Å². The van der Waals surface area contributed by atoms with Crippen LogP contribution in [0.25, 0.3) is 30.8 Å². The number of aliphatic hydroxyl groups is 1. The van der Waals surface area contributed by atoms with Gasteiger partial charge in [-0.25, -0.2) is 0 Å². The molecule has 0 aromatic carbocycles. The third-order valence-electron chi connectivity index (χ3n) is 0.129. The van der Waals surface area contributed by atoms with E-state index in [0.717, 1.165) is 0 Å². The fourth-order valence-corrected chi connectivity index (χ4v) is 0. The van der Waals surface area contributed by atoms with Gasteiger partial charge in [0, 0.05) is 0 Å². The van der Waals surface area contributed by atoms with Crippen molar-refractivity contribution in [2.45, 2.75) is 0 Å². The van der Waals surface area contributed by atoms with Gasteiger partial charge in [0.15, 0.2) is 0 Å². The molecule has 14 heteroatoms. The quantitative estimate of drug-likeness (QED) is 0.510. The molecule has 0 radical (unpaired) electrons. The normalized spacial score (nSPS) is 6.06. The molecule has 0 aliphatic carbocycles. The second-order valence-electron chi connectivity index (χ2n) is 0.926. The third kappa shape index (κ3) is 659. The van der Waals surface area contributed by atoms with Crippen molar-refractivity contribution in [1.29, 1.82) is 0 Å². The van der Waals surface area contributed by atoms with E-state index in [9.17, 15) is 0 Å². The number of hydrogen-bond acceptors (Lipinski definition) is 7. The van der Waals surface area contributed by atoms with Crippen LogP contribution in [0.1, 0.15) is 0 Å². The topological polar surface area (TPSA) is 317 Å². The molecule has 0 bridgehead atoms. The number of aliphatic carboxylic acids is 1. The zero-order chi connectivity index (χ0) is 8.78. The largest absolute Gasteiger partial charge is 3.00 e. The average Bonchev–Trinajstić information content (AvgIpc) is 1.61. The van der Waals surface area contributed by atoms with Gasteiger partial charge in [-0.1, -0.05) is 0 Å². The molecule has 0 unspecified atom stereocenters. The molecule has 0 fully saturated rings. The molecule has 108 valence electrons. The van der Waals surface area contributed by atoms with Crippen LogP contribution in [0, 0.1) is 10.2 Å². The molecule has 0 rings (SSSR count). The zero-order valence-corrected chi connectivity index (χ0v) is 9.54. The standard InChI is InChI=1S/C2H4O3.ClHO4.Co.5H2N/c3-1-2(4)5;2-1(3,4)5;;;;;;/h3H,1H2,(H,4,5);(H,2,3,4,5);;5*1H2/q;;+3;5*-1/p-1. The predicted octanol–water partition coefficient (Wildman–Crippen LogP) is -2.81. The van der Waals surface area contributed by atoms with Crippen molar-refractivity contribution in [3.63, 3.8) is 0 Å². The number of aliphatic hydroxyl groups excluding tert-OH is 1. The fourth-order valence-electron chi connectivity index (χ4n) is 0. The summed E-state index contributed by atoms with van der Waals surface area (Å²) in [6, 6.07) is 0. The first kappa shape index (κ1) is 56.7. The summed E-state index contributed by atoms with van der Waals surface area (Å²) in [6.45, 7) is -0.889. The van der Waals surface area contributed by atoms with Crippen LogP contribution in [-0.4, -0.2) is 22.3 Å². The van der Waals surface area contributed by atoms with Crippen LogP contribution in [0.2, 0.25) is 0 Å². The van der Waals surface area contributed by atoms with Gasteiger partial charge in [-0.2, -0.15) is 14.0 Å². The molecule has 12 nitrogen and oxygen atoms in total. The number of carbonyl (C=O) groups is 1. The zero-order valence-electron chi connectivity index (χ0n) is 7.74. The molecule has 0 spiro atoms. The third-order valence-corrected chi connectivity index (χ3v) is 0.129. The van der Waals surface area contributed by atoms with Crippen LogP contribution in [0.5, 0.6) is 0 Å². The molecule has 0 aliphatic rings. The van der Waals surface area contributed by atoms with E-state index in [0.29, 0.717) is 0 Å². The summed E-state index contributed by atoms with van der Waals surface area (Å²) >= 11 is 0. The monoisotopic (exact) mass is 314 g/mol. The molecular weight excluding hydrogens is 300 g/mol. The maximum Gasteiger partial charge on any atom is 3.00 e. The van der Waals surface area contributed by atoms with Gasteiger partial charge in [0.05, 0.1) is 27.5 Å². The van der Waals surface area contributed by atoms with E-state index in [2.05, 4.69) is 0 Å². The Balaban J connectivity index is -0.00000000970. The first-order chi connectivity index (χ1) is 4.27. The van der Waals surface area contributed by atoms with Crippen molar-refractivity contribution < 1.29 is 60.7 Å². The van der Waals surface area contributed by atoms with Crippen LogP contribution >= 0.6 is 0 Å². The summed E-state index contributed by atoms with van der Waals surface area (Å²) in [5, 5.41) is 16.5. The summed E-state index contributed by atoms with van der Waals surface area (Å²) in [6.07, 6.45) is 0. The van der Waals surface area contributed by atoms with Crippen LogP contribution in [0.3, 0.4) is 0 Å². The van der Waals surface area contributed by atoms with Crippen LogP contribution in [0.4, 0.5) is 0 Å². The number of hydrogen-bond donors (Lipinski definition) is 2. The summed E-state index contributed by atoms with van der Waals surface area (Å²) in [7, 11) is -4.69. The minimum absolute atomic E-state index is 0. The van der Waals surface area contributed by atoms with Crippen molar-refractivity contribution >= 4 is 5.97 Å². The van der Waals surface area contributed by atoms with Gasteiger partial charge in [0.25, 0.3) is 0 Å². The van der Waals surface area contributed by atoms with Gasteiger partial charge >= 0.3 is 16.8 Å². The molecule has 0 heterocycles. The number of carboxylic acids is 1. The van der Waals surface area contributed by atoms with Crippen LogP contribution in [0.15, 0.2) is 0 Å². The van der Waals surface area contributed by atoms with E-state index in [1.807, 2.05) is 0 Å². The Morgan fingerprint density at radius 3 is 1.06 bits per heavy atom. The van der Waals surface area contributed by atoms with Crippen molar-refractivity contribution in [2.24, 2.45) is 0 Å². The van der Waals surface area contributed by atoms with Crippen molar-refractivity contribution in [2.75, 3.05) is 6.61 Å². The van der Waals surface area contributed by atoms with Crippen LogP contribution < -0.4 is 19.1 Å². The van der Waals surface area contributed by atoms with Crippen molar-refractivity contribution in [3.05, 3.63) is 30.8 Å². The summed E-state index contributed by atoms with van der Waals surface area (Å²) < 4.78 is 32.7. The van der Waals surface area contributed by atoms with Crippen molar-refractivity contribution in [1.82, 2.24) is 0 Å². The molecule has 12 N–H and O–H groups in total. The molecule has 0 amide bonds. The fraction of sp³-hybridized carbons (Fsp3) is 0.500. The summed E-state index contributed by atoms with van der Waals surface area (Å²) in [5.41, 5.74) is 0. The van der Waals surface area contributed by atoms with E-state index in [1.165, 1.54) is 0 Å². The average molecular weight is 315 g/mol. The minimum atomic E-state index is -4.69. The second kappa shape index (κ2) is 29.4. The Labute approximate surface area is 104 Å². The molecule has 0 saturated heterocycles. The van der Waals surface area contributed by atoms with Crippen LogP contribution in [-0.2, 0) is 21.6 Å². The maximum atomic E-state index is 9.01. The van der Waals surface area contributed by atoms with E-state index in [4.69, 9.17) is 33.6 Å². The maximum absolute atomic E-state index is 9.01. The first-order valence-corrected chi connectivity index (χ1v) is 2.97. The smallest absolute Gasteiger partial charge is 0.693 e. The molecule has 0 saturated carbocycles. The molecule has 0 aromatic rings. The van der Waals surface area contributed by atoms with Gasteiger partial charge in [-0.15, -0.1) is 0 Å². The Bertz CT molecular complexity index is 107. The number of carboxylic acid groups (broad SMARTS) is 1. The minimum Gasteiger partial charge on any atom is -0.693 e. The Morgan fingerprint density at radius 1 is 1.00 bits per heavy atom. The number of nitrogens with two attached hydrogens (primary N) is 5. The molecular formula is C2H14ClCoN5O7-3. The van der Waals surface area contributed by atoms with E-state index >= 15 is 0 Å². The summed E-state index contributed by atoms with van der Waals surface area (Å²) in [5.74, 6) is -1.44. The number of carbonyl (C=O) groups excluding carboxylic acids is 1. The van der Waals surface area contributed by atoms with E-state index < -0.39 is 22.8 Å². The Hall–Kier alpha value is -0.134. The first-order valence-electron chi connectivity index (χ1n) is 1.71. The molecule has 16 heavy (non-hydrogen) atoms. The molecule has 0 atom stereocenters. The second-order valence-corrected chi connectivity index (χ2v) is 1.72. The molecule has 0 aromatic heterocycles.